The Morgan fingerprint density at radius 1 is 0.600 bits per heavy atom. The maximum absolute atomic E-state index is 11.8. The summed E-state index contributed by atoms with van der Waals surface area (Å²) in [6.45, 7) is 0. The third-order valence-corrected chi connectivity index (χ3v) is 8.07. The van der Waals surface area contributed by atoms with E-state index in [9.17, 15) is 29.4 Å². The van der Waals surface area contributed by atoms with Gasteiger partial charge in [-0.25, -0.2) is 0 Å². The van der Waals surface area contributed by atoms with Crippen LogP contribution in [0.3, 0.4) is 0 Å². The van der Waals surface area contributed by atoms with E-state index < -0.39 is 56.3 Å². The molecule has 2 amide bonds. The van der Waals surface area contributed by atoms with Gasteiger partial charge in [0.1, 0.15) is 11.1 Å². The summed E-state index contributed by atoms with van der Waals surface area (Å²) in [5.41, 5.74) is -2.66. The molecule has 2 aliphatic rings. The van der Waals surface area contributed by atoms with Crippen LogP contribution in [0.2, 0.25) is 0 Å². The molecule has 180 valence electrons. The topological polar surface area (TPSA) is 138 Å². The van der Waals surface area contributed by atoms with Crippen LogP contribution in [0.25, 0.3) is 0 Å². The predicted molar refractivity (Wildman–Crippen MR) is 128 cm³/mol. The summed E-state index contributed by atoms with van der Waals surface area (Å²) in [4.78, 5) is 45.5. The van der Waals surface area contributed by atoms with Gasteiger partial charge < -0.3 is 30.4 Å². The van der Waals surface area contributed by atoms with Crippen molar-refractivity contribution in [1.82, 2.24) is 10.6 Å². The van der Waals surface area contributed by atoms with Gasteiger partial charge in [-0.15, -0.1) is 46.4 Å². The predicted octanol–water partition coefficient (Wildman–Crippen LogP) is -0.114. The number of halogens is 4. The fraction of sp³-hybridized carbons (Fsp3) is 0.273. The van der Waals surface area contributed by atoms with E-state index in [0.717, 1.165) is 0 Å². The maximum atomic E-state index is 11.8. The molecule has 8 nitrogen and oxygen atoms in total. The fourth-order valence-corrected chi connectivity index (χ4v) is 4.89. The van der Waals surface area contributed by atoms with Crippen molar-refractivity contribution in [2.45, 2.75) is 32.6 Å². The summed E-state index contributed by atoms with van der Waals surface area (Å²) in [5.74, 6) is -4.02. The monoisotopic (exact) mass is 584 g/mol. The van der Waals surface area contributed by atoms with Crippen molar-refractivity contribution >= 4 is 108 Å². The van der Waals surface area contributed by atoms with Crippen LogP contribution in [-0.2, 0) is 9.59 Å². The molecule has 0 heterocycles. The first kappa shape index (κ1) is 30.0. The summed E-state index contributed by atoms with van der Waals surface area (Å²) in [5, 5.41) is 23.2. The van der Waals surface area contributed by atoms with Gasteiger partial charge in [-0.05, 0) is 24.3 Å². The number of carbonyl (C=O) groups is 4. The molecule has 4 unspecified atom stereocenters. The van der Waals surface area contributed by atoms with Crippen LogP contribution in [-0.4, -0.2) is 94.1 Å². The Bertz CT molecular complexity index is 1000. The molecule has 2 fully saturated rings. The van der Waals surface area contributed by atoms with E-state index >= 15 is 0 Å². The molecule has 35 heavy (non-hydrogen) atoms. The second-order valence-corrected chi connectivity index (χ2v) is 9.44. The third-order valence-electron chi connectivity index (χ3n) is 5.42. The van der Waals surface area contributed by atoms with E-state index in [0.29, 0.717) is 11.1 Å². The molecule has 4 rings (SSSR count). The molecule has 2 aromatic rings. The van der Waals surface area contributed by atoms with Gasteiger partial charge in [0.05, 0.1) is 33.4 Å². The average molecular weight is 586 g/mol. The number of carbonyl (C=O) groups excluding carboxylic acids is 4. The summed E-state index contributed by atoms with van der Waals surface area (Å²) in [7, 11) is 0. The number of carboxylic acids is 2. The van der Waals surface area contributed by atoms with Crippen LogP contribution in [0.15, 0.2) is 60.7 Å². The molecule has 0 spiro atoms. The molecule has 0 bridgehead atoms. The van der Waals surface area contributed by atoms with Crippen LogP contribution < -0.4 is 20.8 Å². The second-order valence-electron chi connectivity index (χ2n) is 7.56. The van der Waals surface area contributed by atoms with Crippen LogP contribution in [0, 0.1) is 0 Å². The molecule has 2 saturated carbocycles. The molecule has 0 aliphatic heterocycles. The normalized spacial score (nSPS) is 29.8. The first-order valence-corrected chi connectivity index (χ1v) is 11.5. The van der Waals surface area contributed by atoms with E-state index in [4.69, 9.17) is 46.4 Å². The number of hydrogen-bond acceptors (Lipinski definition) is 6. The van der Waals surface area contributed by atoms with Crippen molar-refractivity contribution in [2.75, 3.05) is 0 Å². The Kier molecular flexibility index (Phi) is 10.2. The third kappa shape index (κ3) is 5.85. The molecule has 2 N–H and O–H groups in total. The molecular formula is C22H16CaCl4N2O6. The Labute approximate surface area is 250 Å². The molecule has 13 heteroatoms. The number of amides is 2. The van der Waals surface area contributed by atoms with Gasteiger partial charge in [0.15, 0.2) is 0 Å². The van der Waals surface area contributed by atoms with Gasteiger partial charge in [0, 0.05) is 11.1 Å². The molecule has 2 aromatic carbocycles. The van der Waals surface area contributed by atoms with Gasteiger partial charge in [0.25, 0.3) is 11.8 Å². The van der Waals surface area contributed by atoms with Gasteiger partial charge in [0.2, 0.25) is 0 Å². The number of benzene rings is 2. The van der Waals surface area contributed by atoms with Crippen molar-refractivity contribution in [3.05, 3.63) is 71.8 Å². The average Bonchev–Trinajstić information content (AvgIpc) is 3.58. The number of hydrogen-bond donors (Lipinski definition) is 2. The van der Waals surface area contributed by atoms with E-state index in [2.05, 4.69) is 10.6 Å². The van der Waals surface area contributed by atoms with Crippen LogP contribution in [0.4, 0.5) is 0 Å². The van der Waals surface area contributed by atoms with E-state index in [1.54, 1.807) is 60.7 Å². The largest absolute Gasteiger partial charge is 2.00 e. The molecule has 2 aliphatic carbocycles. The molecular weight excluding hydrogens is 570 g/mol. The minimum atomic E-state index is -1.67. The number of aliphatic carboxylic acids is 2. The Morgan fingerprint density at radius 3 is 1.06 bits per heavy atom. The Morgan fingerprint density at radius 2 is 0.857 bits per heavy atom. The summed E-state index contributed by atoms with van der Waals surface area (Å²) >= 11 is 22.9. The zero-order chi connectivity index (χ0) is 25.3. The minimum Gasteiger partial charge on any atom is -0.547 e. The van der Waals surface area contributed by atoms with Crippen molar-refractivity contribution < 1.29 is 29.4 Å². The van der Waals surface area contributed by atoms with E-state index in [1.807, 2.05) is 0 Å². The SMILES string of the molecule is O=C(NC1(C(=O)[O-])C(Cl)C1Cl)c1ccccc1.O=C(NC1(C(=O)[O-])C(Cl)C1Cl)c1ccccc1.[Ca+2]. The minimum absolute atomic E-state index is 0. The number of alkyl halides is 4. The van der Waals surface area contributed by atoms with Crippen molar-refractivity contribution in [1.29, 1.82) is 0 Å². The summed E-state index contributed by atoms with van der Waals surface area (Å²) in [6.07, 6.45) is 0. The zero-order valence-corrected chi connectivity index (χ0v) is 23.0. The maximum Gasteiger partial charge on any atom is 2.00 e. The van der Waals surface area contributed by atoms with Crippen LogP contribution in [0.5, 0.6) is 0 Å². The van der Waals surface area contributed by atoms with Crippen molar-refractivity contribution in [2.24, 2.45) is 0 Å². The first-order valence-electron chi connectivity index (χ1n) is 9.74. The smallest absolute Gasteiger partial charge is 0.547 e. The number of rotatable bonds is 6. The van der Waals surface area contributed by atoms with Crippen LogP contribution >= 0.6 is 46.4 Å². The van der Waals surface area contributed by atoms with Crippen molar-refractivity contribution in [3.63, 3.8) is 0 Å². The molecule has 0 saturated heterocycles. The van der Waals surface area contributed by atoms with Crippen LogP contribution in [0.1, 0.15) is 20.7 Å². The zero-order valence-electron chi connectivity index (χ0n) is 17.8. The summed E-state index contributed by atoms with van der Waals surface area (Å²) in [6, 6.07) is 16.4. The van der Waals surface area contributed by atoms with E-state index in [-0.39, 0.29) is 37.7 Å². The number of nitrogens with one attached hydrogen (secondary N) is 2. The molecule has 4 atom stereocenters. The Balaban J connectivity index is 0.000000240. The van der Waals surface area contributed by atoms with Gasteiger partial charge in [-0.3, -0.25) is 9.59 Å². The fourth-order valence-electron chi connectivity index (χ4n) is 3.14. The summed E-state index contributed by atoms with van der Waals surface area (Å²) < 4.78 is 0. The quantitative estimate of drug-likeness (QED) is 0.358. The first-order chi connectivity index (χ1) is 16.0. The van der Waals surface area contributed by atoms with Gasteiger partial charge >= 0.3 is 37.7 Å². The van der Waals surface area contributed by atoms with E-state index in [1.165, 1.54) is 0 Å². The van der Waals surface area contributed by atoms with Gasteiger partial charge in [-0.1, -0.05) is 36.4 Å². The Hall–Kier alpha value is -1.26. The second kappa shape index (κ2) is 11.9. The standard InChI is InChI=1S/2C11H9Cl2NO3.Ca/c2*12-7-8(13)11(7,10(16)17)14-9(15)6-4-2-1-3-5-6;/h2*1-5,7-8H,(H,14,15)(H,16,17);/q;;+2/p-2. The van der Waals surface area contributed by atoms with Gasteiger partial charge in [-0.2, -0.15) is 0 Å². The van der Waals surface area contributed by atoms with Crippen molar-refractivity contribution in [3.8, 4) is 0 Å². The number of carboxylic acid groups (broad SMARTS) is 2. The molecule has 0 radical (unpaired) electrons. The molecule has 0 aromatic heterocycles.